The number of aryl methyl sites for hydroxylation is 1. The SMILES string of the molecule is Cc1cccc2sc(NC(=O)Cc3csc(SCc4ccc(Br)cc4)n3)nc12. The van der Waals surface area contributed by atoms with Gasteiger partial charge in [0.1, 0.15) is 4.34 Å². The van der Waals surface area contributed by atoms with Gasteiger partial charge in [0.25, 0.3) is 0 Å². The average molecular weight is 490 g/mol. The maximum atomic E-state index is 12.4. The van der Waals surface area contributed by atoms with Gasteiger partial charge in [-0.1, -0.05) is 63.3 Å². The number of para-hydroxylation sites is 1. The Balaban J connectivity index is 1.34. The van der Waals surface area contributed by atoms with Crippen molar-refractivity contribution in [3.63, 3.8) is 0 Å². The molecule has 0 saturated heterocycles. The Bertz CT molecular complexity index is 1120. The van der Waals surface area contributed by atoms with E-state index in [-0.39, 0.29) is 12.3 Å². The second-order valence-corrected chi connectivity index (χ2v) is 10.2. The average Bonchev–Trinajstić information content (AvgIpc) is 3.28. The Labute approximate surface area is 183 Å². The van der Waals surface area contributed by atoms with Crippen molar-refractivity contribution in [2.45, 2.75) is 23.4 Å². The number of thioether (sulfide) groups is 1. The lowest BCUT2D eigenvalue weighted by atomic mass is 10.2. The van der Waals surface area contributed by atoms with Gasteiger partial charge in [0.2, 0.25) is 5.91 Å². The molecule has 8 heteroatoms. The van der Waals surface area contributed by atoms with Gasteiger partial charge >= 0.3 is 0 Å². The van der Waals surface area contributed by atoms with Gasteiger partial charge in [0, 0.05) is 15.6 Å². The molecular formula is C20H16BrN3OS3. The zero-order chi connectivity index (χ0) is 19.5. The van der Waals surface area contributed by atoms with Crippen molar-refractivity contribution in [2.75, 3.05) is 5.32 Å². The molecule has 0 aliphatic rings. The predicted octanol–water partition coefficient (Wildman–Crippen LogP) is 6.30. The van der Waals surface area contributed by atoms with E-state index in [1.807, 2.05) is 42.6 Å². The summed E-state index contributed by atoms with van der Waals surface area (Å²) >= 11 is 8.20. The molecular weight excluding hydrogens is 474 g/mol. The number of aromatic nitrogens is 2. The van der Waals surface area contributed by atoms with Crippen molar-refractivity contribution in [2.24, 2.45) is 0 Å². The highest BCUT2D eigenvalue weighted by atomic mass is 79.9. The fourth-order valence-electron chi connectivity index (χ4n) is 2.63. The Hall–Kier alpha value is -1.74. The molecule has 2 heterocycles. The molecule has 0 atom stereocenters. The van der Waals surface area contributed by atoms with Crippen LogP contribution in [0.5, 0.6) is 0 Å². The molecule has 0 unspecified atom stereocenters. The van der Waals surface area contributed by atoms with Crippen LogP contribution in [0, 0.1) is 6.92 Å². The molecule has 4 rings (SSSR count). The van der Waals surface area contributed by atoms with E-state index < -0.39 is 0 Å². The summed E-state index contributed by atoms with van der Waals surface area (Å²) in [5, 5.41) is 5.49. The molecule has 0 bridgehead atoms. The third-order valence-electron chi connectivity index (χ3n) is 4.01. The zero-order valence-electron chi connectivity index (χ0n) is 14.9. The number of anilines is 1. The molecule has 0 fully saturated rings. The van der Waals surface area contributed by atoms with E-state index in [4.69, 9.17) is 0 Å². The van der Waals surface area contributed by atoms with Gasteiger partial charge in [-0.05, 0) is 36.2 Å². The van der Waals surface area contributed by atoms with Crippen molar-refractivity contribution in [1.29, 1.82) is 0 Å². The summed E-state index contributed by atoms with van der Waals surface area (Å²) in [6.45, 7) is 2.02. The van der Waals surface area contributed by atoms with Crippen molar-refractivity contribution in [3.8, 4) is 0 Å². The van der Waals surface area contributed by atoms with Crippen LogP contribution in [0.3, 0.4) is 0 Å². The summed E-state index contributed by atoms with van der Waals surface area (Å²) in [6, 6.07) is 14.3. The summed E-state index contributed by atoms with van der Waals surface area (Å²) in [5.41, 5.74) is 4.09. The van der Waals surface area contributed by atoms with E-state index in [0.29, 0.717) is 5.13 Å². The van der Waals surface area contributed by atoms with Crippen molar-refractivity contribution in [3.05, 3.63) is 69.1 Å². The molecule has 0 aliphatic carbocycles. The number of carbonyl (C=O) groups excluding carboxylic acids is 1. The molecule has 2 aromatic heterocycles. The molecule has 1 N–H and O–H groups in total. The lowest BCUT2D eigenvalue weighted by molar-refractivity contribution is -0.115. The van der Waals surface area contributed by atoms with Gasteiger partial charge in [-0.3, -0.25) is 4.79 Å². The number of carbonyl (C=O) groups is 1. The fourth-order valence-corrected chi connectivity index (χ4v) is 5.65. The third-order valence-corrected chi connectivity index (χ3v) is 7.62. The summed E-state index contributed by atoms with van der Waals surface area (Å²) < 4.78 is 3.13. The minimum absolute atomic E-state index is 0.0912. The smallest absolute Gasteiger partial charge is 0.232 e. The van der Waals surface area contributed by atoms with Crippen LogP contribution in [0.25, 0.3) is 10.2 Å². The van der Waals surface area contributed by atoms with Crippen molar-refractivity contribution < 1.29 is 4.79 Å². The lowest BCUT2D eigenvalue weighted by Gasteiger charge is -2.00. The number of nitrogens with one attached hydrogen (secondary N) is 1. The van der Waals surface area contributed by atoms with Crippen LogP contribution < -0.4 is 5.32 Å². The molecule has 4 aromatic rings. The molecule has 0 aliphatic heterocycles. The predicted molar refractivity (Wildman–Crippen MR) is 123 cm³/mol. The molecule has 28 heavy (non-hydrogen) atoms. The largest absolute Gasteiger partial charge is 0.302 e. The number of nitrogens with zero attached hydrogens (tertiary/aromatic N) is 2. The first-order chi connectivity index (χ1) is 13.6. The second kappa shape index (κ2) is 8.73. The van der Waals surface area contributed by atoms with Crippen LogP contribution in [-0.4, -0.2) is 15.9 Å². The maximum absolute atomic E-state index is 12.4. The molecule has 2 aromatic carbocycles. The summed E-state index contributed by atoms with van der Waals surface area (Å²) in [5.74, 6) is 0.767. The number of hydrogen-bond donors (Lipinski definition) is 1. The number of fused-ring (bicyclic) bond motifs is 1. The monoisotopic (exact) mass is 489 g/mol. The van der Waals surface area contributed by atoms with Gasteiger partial charge in [-0.25, -0.2) is 9.97 Å². The van der Waals surface area contributed by atoms with Crippen LogP contribution in [0.15, 0.2) is 56.7 Å². The Morgan fingerprint density at radius 2 is 2.00 bits per heavy atom. The highest BCUT2D eigenvalue weighted by Gasteiger charge is 2.12. The summed E-state index contributed by atoms with van der Waals surface area (Å²) in [6.07, 6.45) is 0.254. The van der Waals surface area contributed by atoms with Crippen molar-refractivity contribution in [1.82, 2.24) is 9.97 Å². The van der Waals surface area contributed by atoms with Gasteiger partial charge in [0.05, 0.1) is 22.3 Å². The minimum Gasteiger partial charge on any atom is -0.302 e. The Kier molecular flexibility index (Phi) is 6.10. The van der Waals surface area contributed by atoms with Crippen LogP contribution >= 0.6 is 50.4 Å². The van der Waals surface area contributed by atoms with Gasteiger partial charge < -0.3 is 5.32 Å². The quantitative estimate of drug-likeness (QED) is 0.323. The van der Waals surface area contributed by atoms with E-state index >= 15 is 0 Å². The first-order valence-electron chi connectivity index (χ1n) is 8.54. The van der Waals surface area contributed by atoms with Crippen LogP contribution in [-0.2, 0) is 17.0 Å². The maximum Gasteiger partial charge on any atom is 0.232 e. The van der Waals surface area contributed by atoms with E-state index in [1.165, 1.54) is 16.9 Å². The normalized spacial score (nSPS) is 11.1. The lowest BCUT2D eigenvalue weighted by Crippen LogP contribution is -2.14. The van der Waals surface area contributed by atoms with E-state index in [1.54, 1.807) is 23.1 Å². The van der Waals surface area contributed by atoms with E-state index in [2.05, 4.69) is 43.3 Å². The Morgan fingerprint density at radius 1 is 1.18 bits per heavy atom. The second-order valence-electron chi connectivity index (χ2n) is 6.19. The summed E-state index contributed by atoms with van der Waals surface area (Å²) in [7, 11) is 0. The number of rotatable bonds is 6. The van der Waals surface area contributed by atoms with Gasteiger partial charge in [-0.2, -0.15) is 0 Å². The van der Waals surface area contributed by atoms with E-state index in [0.717, 1.165) is 36.0 Å². The van der Waals surface area contributed by atoms with Crippen LogP contribution in [0.1, 0.15) is 16.8 Å². The summed E-state index contributed by atoms with van der Waals surface area (Å²) in [4.78, 5) is 21.5. The molecule has 4 nitrogen and oxygen atoms in total. The molecule has 142 valence electrons. The van der Waals surface area contributed by atoms with E-state index in [9.17, 15) is 4.79 Å². The standard InChI is InChI=1S/C20H16BrN3OS3/c1-12-3-2-4-16-18(12)24-19(28-16)23-17(25)9-15-11-27-20(22-15)26-10-13-5-7-14(21)8-6-13/h2-8,11H,9-10H2,1H3,(H,23,24,25). The minimum atomic E-state index is -0.0912. The number of benzene rings is 2. The van der Waals surface area contributed by atoms with Crippen molar-refractivity contribution >= 4 is 71.6 Å². The zero-order valence-corrected chi connectivity index (χ0v) is 19.0. The first kappa shape index (κ1) is 19.6. The Morgan fingerprint density at radius 3 is 2.79 bits per heavy atom. The molecule has 0 saturated carbocycles. The number of hydrogen-bond acceptors (Lipinski definition) is 6. The molecule has 0 spiro atoms. The van der Waals surface area contributed by atoms with Gasteiger partial charge in [0.15, 0.2) is 5.13 Å². The van der Waals surface area contributed by atoms with Crippen LogP contribution in [0.2, 0.25) is 0 Å². The number of halogens is 1. The van der Waals surface area contributed by atoms with Gasteiger partial charge in [-0.15, -0.1) is 11.3 Å². The molecule has 1 amide bonds. The first-order valence-corrected chi connectivity index (χ1v) is 12.0. The highest BCUT2D eigenvalue weighted by Crippen LogP contribution is 2.29. The van der Waals surface area contributed by atoms with Crippen LogP contribution in [0.4, 0.5) is 5.13 Å². The molecule has 0 radical (unpaired) electrons. The number of thiazole rings is 2. The third kappa shape index (κ3) is 4.81. The highest BCUT2D eigenvalue weighted by molar-refractivity contribution is 9.10. The number of amides is 1. The topological polar surface area (TPSA) is 54.9 Å². The fraction of sp³-hybridized carbons (Fsp3) is 0.150.